The van der Waals surface area contributed by atoms with Crippen LogP contribution in [0.3, 0.4) is 0 Å². The Hall–Kier alpha value is -0.610. The van der Waals surface area contributed by atoms with Gasteiger partial charge in [-0.3, -0.25) is 0 Å². The first-order valence-corrected chi connectivity index (χ1v) is 7.86. The van der Waals surface area contributed by atoms with E-state index in [1.165, 1.54) is 41.5 Å². The fourth-order valence-corrected chi connectivity index (χ4v) is 3.95. The highest BCUT2D eigenvalue weighted by atomic mass is 32.1. The van der Waals surface area contributed by atoms with Gasteiger partial charge >= 0.3 is 0 Å². The first-order chi connectivity index (χ1) is 8.63. The third-order valence-electron chi connectivity index (χ3n) is 3.65. The van der Waals surface area contributed by atoms with E-state index in [0.29, 0.717) is 12.0 Å². The van der Waals surface area contributed by atoms with Crippen molar-refractivity contribution in [3.8, 4) is 0 Å². The number of thiazole rings is 1. The molecule has 1 aliphatic rings. The summed E-state index contributed by atoms with van der Waals surface area (Å²) in [6.07, 6.45) is 3.98. The summed E-state index contributed by atoms with van der Waals surface area (Å²) < 4.78 is 0. The zero-order valence-electron chi connectivity index (χ0n) is 12.0. The highest BCUT2D eigenvalue weighted by molar-refractivity contribution is 7.15. The van der Waals surface area contributed by atoms with E-state index in [1.54, 1.807) is 0 Å². The van der Waals surface area contributed by atoms with Gasteiger partial charge in [0.25, 0.3) is 0 Å². The summed E-state index contributed by atoms with van der Waals surface area (Å²) in [4.78, 5) is 8.81. The second-order valence-electron chi connectivity index (χ2n) is 5.53. The van der Waals surface area contributed by atoms with Crippen LogP contribution in [0, 0.1) is 0 Å². The van der Waals surface area contributed by atoms with E-state index in [0.717, 1.165) is 6.54 Å². The molecule has 1 aliphatic heterocycles. The second kappa shape index (κ2) is 6.02. The van der Waals surface area contributed by atoms with Crippen molar-refractivity contribution in [3.63, 3.8) is 0 Å². The van der Waals surface area contributed by atoms with Gasteiger partial charge in [-0.2, -0.15) is 0 Å². The summed E-state index contributed by atoms with van der Waals surface area (Å²) in [6, 6.07) is 0.646. The van der Waals surface area contributed by atoms with Crippen LogP contribution in [0.2, 0.25) is 0 Å². The smallest absolute Gasteiger partial charge is 0.186 e. The molecule has 0 radical (unpaired) electrons. The van der Waals surface area contributed by atoms with Gasteiger partial charge in [-0.15, -0.1) is 11.3 Å². The summed E-state index contributed by atoms with van der Waals surface area (Å²) in [5.74, 6) is 0.512. The molecule has 1 unspecified atom stereocenters. The van der Waals surface area contributed by atoms with Gasteiger partial charge in [0.15, 0.2) is 5.13 Å². The number of nitrogens with zero attached hydrogens (tertiary/aromatic N) is 2. The minimum Gasteiger partial charge on any atom is -0.345 e. The van der Waals surface area contributed by atoms with Crippen LogP contribution in [0.4, 0.5) is 5.13 Å². The van der Waals surface area contributed by atoms with Crippen molar-refractivity contribution in [2.24, 2.45) is 0 Å². The summed E-state index contributed by atoms with van der Waals surface area (Å²) in [5, 5.41) is 4.49. The van der Waals surface area contributed by atoms with Gasteiger partial charge in [0, 0.05) is 24.0 Å². The lowest BCUT2D eigenvalue weighted by atomic mass is 10.0. The van der Waals surface area contributed by atoms with E-state index in [9.17, 15) is 0 Å². The molecule has 18 heavy (non-hydrogen) atoms. The molecule has 3 nitrogen and oxygen atoms in total. The van der Waals surface area contributed by atoms with E-state index in [1.807, 2.05) is 18.4 Å². The largest absolute Gasteiger partial charge is 0.345 e. The molecule has 102 valence electrons. The molecule has 1 saturated heterocycles. The first kappa shape index (κ1) is 13.8. The Labute approximate surface area is 115 Å². The maximum Gasteiger partial charge on any atom is 0.186 e. The van der Waals surface area contributed by atoms with Crippen molar-refractivity contribution in [1.82, 2.24) is 10.3 Å². The SMILES string of the molecule is CNCc1sc(N2CCCCC2C)nc1C(C)C. The zero-order chi connectivity index (χ0) is 13.1. The highest BCUT2D eigenvalue weighted by Crippen LogP contribution is 2.33. The molecule has 0 aromatic carbocycles. The van der Waals surface area contributed by atoms with Crippen LogP contribution in [0.5, 0.6) is 0 Å². The molecule has 0 bridgehead atoms. The molecular weight excluding hydrogens is 242 g/mol. The van der Waals surface area contributed by atoms with Crippen LogP contribution in [0.25, 0.3) is 0 Å². The normalized spacial score (nSPS) is 20.7. The number of aromatic nitrogens is 1. The Morgan fingerprint density at radius 2 is 2.22 bits per heavy atom. The van der Waals surface area contributed by atoms with Crippen molar-refractivity contribution >= 4 is 16.5 Å². The van der Waals surface area contributed by atoms with E-state index in [2.05, 4.69) is 31.0 Å². The summed E-state index contributed by atoms with van der Waals surface area (Å²) in [6.45, 7) is 8.90. The Morgan fingerprint density at radius 3 is 2.83 bits per heavy atom. The molecule has 1 aromatic rings. The van der Waals surface area contributed by atoms with E-state index < -0.39 is 0 Å². The summed E-state index contributed by atoms with van der Waals surface area (Å²) >= 11 is 1.87. The molecule has 1 fully saturated rings. The molecule has 0 amide bonds. The van der Waals surface area contributed by atoms with Crippen molar-refractivity contribution < 1.29 is 0 Å². The third kappa shape index (κ3) is 2.86. The second-order valence-corrected chi connectivity index (χ2v) is 6.59. The molecule has 0 spiro atoms. The zero-order valence-corrected chi connectivity index (χ0v) is 12.8. The average molecular weight is 267 g/mol. The van der Waals surface area contributed by atoms with Gasteiger partial charge in [-0.05, 0) is 39.2 Å². The lowest BCUT2D eigenvalue weighted by Crippen LogP contribution is -2.37. The number of hydrogen-bond donors (Lipinski definition) is 1. The van der Waals surface area contributed by atoms with Crippen LogP contribution in [-0.4, -0.2) is 24.6 Å². The van der Waals surface area contributed by atoms with Crippen LogP contribution < -0.4 is 10.2 Å². The average Bonchev–Trinajstić information content (AvgIpc) is 2.74. The number of rotatable bonds is 4. The Balaban J connectivity index is 2.24. The van der Waals surface area contributed by atoms with Gasteiger partial charge in [0.1, 0.15) is 0 Å². The Kier molecular flexibility index (Phi) is 4.62. The monoisotopic (exact) mass is 267 g/mol. The lowest BCUT2D eigenvalue weighted by molar-refractivity contribution is 0.483. The quantitative estimate of drug-likeness (QED) is 0.906. The topological polar surface area (TPSA) is 28.2 Å². The fraction of sp³-hybridized carbons (Fsp3) is 0.786. The molecule has 0 saturated carbocycles. The molecule has 4 heteroatoms. The predicted molar refractivity (Wildman–Crippen MR) is 79.6 cm³/mol. The number of anilines is 1. The van der Waals surface area contributed by atoms with E-state index >= 15 is 0 Å². The van der Waals surface area contributed by atoms with Crippen LogP contribution in [0.15, 0.2) is 0 Å². The van der Waals surface area contributed by atoms with Crippen molar-refractivity contribution in [3.05, 3.63) is 10.6 Å². The van der Waals surface area contributed by atoms with Gasteiger partial charge in [0.05, 0.1) is 5.69 Å². The number of piperidine rings is 1. The van der Waals surface area contributed by atoms with Crippen molar-refractivity contribution in [2.75, 3.05) is 18.5 Å². The van der Waals surface area contributed by atoms with Gasteiger partial charge in [-0.1, -0.05) is 13.8 Å². The van der Waals surface area contributed by atoms with Crippen LogP contribution in [-0.2, 0) is 6.54 Å². The van der Waals surface area contributed by atoms with Crippen LogP contribution in [0.1, 0.15) is 56.5 Å². The van der Waals surface area contributed by atoms with E-state index in [4.69, 9.17) is 4.98 Å². The van der Waals surface area contributed by atoms with Crippen molar-refractivity contribution in [1.29, 1.82) is 0 Å². The lowest BCUT2D eigenvalue weighted by Gasteiger charge is -2.33. The molecule has 2 heterocycles. The Bertz CT molecular complexity index is 386. The fourth-order valence-electron chi connectivity index (χ4n) is 2.59. The maximum atomic E-state index is 4.91. The molecule has 0 aliphatic carbocycles. The first-order valence-electron chi connectivity index (χ1n) is 7.04. The van der Waals surface area contributed by atoms with Gasteiger partial charge in [-0.25, -0.2) is 4.98 Å². The molecule has 1 N–H and O–H groups in total. The molecule has 1 atom stereocenters. The number of nitrogens with one attached hydrogen (secondary N) is 1. The highest BCUT2D eigenvalue weighted by Gasteiger charge is 2.23. The van der Waals surface area contributed by atoms with E-state index in [-0.39, 0.29) is 0 Å². The molecule has 1 aromatic heterocycles. The summed E-state index contributed by atoms with van der Waals surface area (Å²) in [5.41, 5.74) is 1.28. The third-order valence-corrected chi connectivity index (χ3v) is 4.76. The summed E-state index contributed by atoms with van der Waals surface area (Å²) in [7, 11) is 2.01. The molecular formula is C14H25N3S. The van der Waals surface area contributed by atoms with Gasteiger partial charge < -0.3 is 10.2 Å². The van der Waals surface area contributed by atoms with Crippen LogP contribution >= 0.6 is 11.3 Å². The number of hydrogen-bond acceptors (Lipinski definition) is 4. The predicted octanol–water partition coefficient (Wildman–Crippen LogP) is 3.36. The minimum absolute atomic E-state index is 0.512. The standard InChI is InChI=1S/C14H25N3S/c1-10(2)13-12(9-15-4)18-14(16-13)17-8-6-5-7-11(17)3/h10-11,15H,5-9H2,1-4H3. The van der Waals surface area contributed by atoms with Crippen molar-refractivity contribution in [2.45, 2.75) is 58.5 Å². The maximum absolute atomic E-state index is 4.91. The molecule has 2 rings (SSSR count). The Morgan fingerprint density at radius 1 is 1.44 bits per heavy atom. The van der Waals surface area contributed by atoms with Gasteiger partial charge in [0.2, 0.25) is 0 Å². The minimum atomic E-state index is 0.512.